The molecule has 16 heavy (non-hydrogen) atoms. The Hall–Kier alpha value is -0.120. The Kier molecular flexibility index (Phi) is 7.01. The maximum Gasteiger partial charge on any atom is 0.0222 e. The molecular formula is C13H29N3. The zero-order valence-corrected chi connectivity index (χ0v) is 11.3. The molecule has 0 spiro atoms. The number of rotatable bonds is 7. The van der Waals surface area contributed by atoms with Crippen LogP contribution in [-0.4, -0.2) is 63.2 Å². The smallest absolute Gasteiger partial charge is 0.0222 e. The van der Waals surface area contributed by atoms with Crippen molar-refractivity contribution in [1.82, 2.24) is 15.1 Å². The van der Waals surface area contributed by atoms with Crippen LogP contribution >= 0.6 is 0 Å². The minimum Gasteiger partial charge on any atom is -0.320 e. The van der Waals surface area contributed by atoms with Crippen LogP contribution < -0.4 is 5.32 Å². The summed E-state index contributed by atoms with van der Waals surface area (Å²) in [7, 11) is 6.41. The summed E-state index contributed by atoms with van der Waals surface area (Å²) >= 11 is 0. The van der Waals surface area contributed by atoms with Crippen molar-refractivity contribution >= 4 is 0 Å². The quantitative estimate of drug-likeness (QED) is 0.663. The average molecular weight is 227 g/mol. The van der Waals surface area contributed by atoms with Crippen LogP contribution in [0.2, 0.25) is 0 Å². The van der Waals surface area contributed by atoms with Gasteiger partial charge in [-0.2, -0.15) is 0 Å². The molecule has 0 aromatic heterocycles. The van der Waals surface area contributed by atoms with Crippen LogP contribution in [0.25, 0.3) is 0 Å². The van der Waals surface area contributed by atoms with Crippen molar-refractivity contribution in [3.63, 3.8) is 0 Å². The maximum atomic E-state index is 3.22. The SMILES string of the molecule is CNCCCCN1CCCCC1CN(C)C. The third-order valence-corrected chi connectivity index (χ3v) is 3.45. The summed E-state index contributed by atoms with van der Waals surface area (Å²) in [5.41, 5.74) is 0. The van der Waals surface area contributed by atoms with Gasteiger partial charge in [0.05, 0.1) is 0 Å². The van der Waals surface area contributed by atoms with Gasteiger partial charge in [0.1, 0.15) is 0 Å². The molecule has 1 fully saturated rings. The number of nitrogens with zero attached hydrogens (tertiary/aromatic N) is 2. The number of likely N-dealkylation sites (tertiary alicyclic amines) is 1. The van der Waals surface area contributed by atoms with Crippen molar-refractivity contribution in [3.05, 3.63) is 0 Å². The van der Waals surface area contributed by atoms with Crippen molar-refractivity contribution in [2.24, 2.45) is 0 Å². The highest BCUT2D eigenvalue weighted by Gasteiger charge is 2.21. The number of unbranched alkanes of at least 4 members (excludes halogenated alkanes) is 1. The largest absolute Gasteiger partial charge is 0.320 e. The van der Waals surface area contributed by atoms with Crippen molar-refractivity contribution in [2.45, 2.75) is 38.1 Å². The van der Waals surface area contributed by atoms with Crippen LogP contribution in [0.5, 0.6) is 0 Å². The van der Waals surface area contributed by atoms with Gasteiger partial charge in [0.25, 0.3) is 0 Å². The fourth-order valence-corrected chi connectivity index (χ4v) is 2.60. The summed E-state index contributed by atoms with van der Waals surface area (Å²) in [4.78, 5) is 5.04. The Balaban J connectivity index is 2.23. The molecule has 0 amide bonds. The number of piperidine rings is 1. The lowest BCUT2D eigenvalue weighted by atomic mass is 10.0. The average Bonchev–Trinajstić information content (AvgIpc) is 2.26. The van der Waals surface area contributed by atoms with Gasteiger partial charge in [-0.15, -0.1) is 0 Å². The van der Waals surface area contributed by atoms with Crippen LogP contribution in [0, 0.1) is 0 Å². The molecule has 0 bridgehead atoms. The van der Waals surface area contributed by atoms with E-state index in [9.17, 15) is 0 Å². The zero-order chi connectivity index (χ0) is 11.8. The van der Waals surface area contributed by atoms with Gasteiger partial charge in [-0.3, -0.25) is 4.90 Å². The van der Waals surface area contributed by atoms with Crippen molar-refractivity contribution in [1.29, 1.82) is 0 Å². The standard InChI is InChI=1S/C13H29N3/c1-14-9-5-7-11-16-10-6-4-8-13(16)12-15(2)3/h13-14H,4-12H2,1-3H3. The molecular weight excluding hydrogens is 198 g/mol. The summed E-state index contributed by atoms with van der Waals surface area (Å²) in [5.74, 6) is 0. The number of likely N-dealkylation sites (N-methyl/N-ethyl adjacent to an activating group) is 1. The summed E-state index contributed by atoms with van der Waals surface area (Å²) in [6.07, 6.45) is 6.86. The van der Waals surface area contributed by atoms with Gasteiger partial charge in [0, 0.05) is 12.6 Å². The van der Waals surface area contributed by atoms with Crippen molar-refractivity contribution in [2.75, 3.05) is 47.3 Å². The first-order valence-corrected chi connectivity index (χ1v) is 6.77. The minimum atomic E-state index is 0.804. The molecule has 1 unspecified atom stereocenters. The number of hydrogen-bond donors (Lipinski definition) is 1. The number of hydrogen-bond acceptors (Lipinski definition) is 3. The molecule has 0 aromatic rings. The van der Waals surface area contributed by atoms with E-state index in [1.807, 2.05) is 7.05 Å². The van der Waals surface area contributed by atoms with E-state index < -0.39 is 0 Å². The molecule has 1 heterocycles. The lowest BCUT2D eigenvalue weighted by Gasteiger charge is -2.37. The van der Waals surface area contributed by atoms with Crippen LogP contribution in [0.4, 0.5) is 0 Å². The fourth-order valence-electron chi connectivity index (χ4n) is 2.60. The number of nitrogens with one attached hydrogen (secondary N) is 1. The van der Waals surface area contributed by atoms with Gasteiger partial charge >= 0.3 is 0 Å². The molecule has 1 rings (SSSR count). The molecule has 1 N–H and O–H groups in total. The molecule has 0 aromatic carbocycles. The zero-order valence-electron chi connectivity index (χ0n) is 11.3. The topological polar surface area (TPSA) is 18.5 Å². The van der Waals surface area contributed by atoms with Crippen molar-refractivity contribution in [3.8, 4) is 0 Å². The van der Waals surface area contributed by atoms with Crippen LogP contribution in [0.15, 0.2) is 0 Å². The van der Waals surface area contributed by atoms with Gasteiger partial charge in [0.2, 0.25) is 0 Å². The van der Waals surface area contributed by atoms with E-state index in [0.717, 1.165) is 12.6 Å². The third kappa shape index (κ3) is 5.28. The molecule has 3 heteroatoms. The second-order valence-corrected chi connectivity index (χ2v) is 5.26. The van der Waals surface area contributed by atoms with Gasteiger partial charge in [0.15, 0.2) is 0 Å². The first-order chi connectivity index (χ1) is 7.74. The van der Waals surface area contributed by atoms with Crippen LogP contribution in [-0.2, 0) is 0 Å². The molecule has 1 aliphatic heterocycles. The molecule has 96 valence electrons. The summed E-state index contributed by atoms with van der Waals surface area (Å²) < 4.78 is 0. The van der Waals surface area contributed by atoms with Crippen molar-refractivity contribution < 1.29 is 0 Å². The van der Waals surface area contributed by atoms with E-state index in [1.54, 1.807) is 0 Å². The van der Waals surface area contributed by atoms with Crippen LogP contribution in [0.1, 0.15) is 32.1 Å². The highest BCUT2D eigenvalue weighted by molar-refractivity contribution is 4.78. The predicted molar refractivity (Wildman–Crippen MR) is 70.9 cm³/mol. The Labute approximate surface area is 101 Å². The lowest BCUT2D eigenvalue weighted by Crippen LogP contribution is -2.45. The fraction of sp³-hybridized carbons (Fsp3) is 1.00. The predicted octanol–water partition coefficient (Wildman–Crippen LogP) is 1.40. The molecule has 1 aliphatic rings. The molecule has 0 aliphatic carbocycles. The highest BCUT2D eigenvalue weighted by Crippen LogP contribution is 2.17. The molecule has 1 saturated heterocycles. The highest BCUT2D eigenvalue weighted by atomic mass is 15.2. The third-order valence-electron chi connectivity index (χ3n) is 3.45. The molecule has 0 radical (unpaired) electrons. The summed E-state index contributed by atoms with van der Waals surface area (Å²) in [6, 6.07) is 0.804. The normalized spacial score (nSPS) is 22.9. The Morgan fingerprint density at radius 2 is 2.06 bits per heavy atom. The Morgan fingerprint density at radius 1 is 1.25 bits per heavy atom. The Morgan fingerprint density at radius 3 is 2.75 bits per heavy atom. The maximum absolute atomic E-state index is 3.22. The van der Waals surface area contributed by atoms with E-state index in [1.165, 1.54) is 51.7 Å². The molecule has 3 nitrogen and oxygen atoms in total. The monoisotopic (exact) mass is 227 g/mol. The van der Waals surface area contributed by atoms with E-state index in [-0.39, 0.29) is 0 Å². The second-order valence-electron chi connectivity index (χ2n) is 5.26. The summed E-state index contributed by atoms with van der Waals surface area (Å²) in [5, 5.41) is 3.22. The Bertz CT molecular complexity index is 171. The van der Waals surface area contributed by atoms with E-state index >= 15 is 0 Å². The van der Waals surface area contributed by atoms with Gasteiger partial charge < -0.3 is 10.2 Å². The first-order valence-electron chi connectivity index (χ1n) is 6.77. The van der Waals surface area contributed by atoms with Gasteiger partial charge in [-0.05, 0) is 66.5 Å². The minimum absolute atomic E-state index is 0.804. The first kappa shape index (κ1) is 13.9. The van der Waals surface area contributed by atoms with E-state index in [2.05, 4.69) is 29.2 Å². The lowest BCUT2D eigenvalue weighted by molar-refractivity contribution is 0.119. The second kappa shape index (κ2) is 8.04. The van der Waals surface area contributed by atoms with Crippen LogP contribution in [0.3, 0.4) is 0 Å². The molecule has 1 atom stereocenters. The van der Waals surface area contributed by atoms with E-state index in [0.29, 0.717) is 0 Å². The van der Waals surface area contributed by atoms with E-state index in [4.69, 9.17) is 0 Å². The summed E-state index contributed by atoms with van der Waals surface area (Å²) in [6.45, 7) is 5.00. The molecule has 0 saturated carbocycles. The van der Waals surface area contributed by atoms with Gasteiger partial charge in [-0.25, -0.2) is 0 Å². The van der Waals surface area contributed by atoms with Gasteiger partial charge in [-0.1, -0.05) is 6.42 Å².